The molecule has 3 heterocycles. The van der Waals surface area contributed by atoms with Crippen molar-refractivity contribution in [3.05, 3.63) is 76.2 Å². The Morgan fingerprint density at radius 3 is 2.83 bits per heavy atom. The summed E-state index contributed by atoms with van der Waals surface area (Å²) < 4.78 is 1.88. The van der Waals surface area contributed by atoms with Gasteiger partial charge >= 0.3 is 0 Å². The largest absolute Gasteiger partial charge is 0.332 e. The van der Waals surface area contributed by atoms with Crippen LogP contribution >= 0.6 is 11.3 Å². The van der Waals surface area contributed by atoms with E-state index in [1.54, 1.807) is 17.5 Å². The smallest absolute Gasteiger partial charge is 0.254 e. The zero-order valence-corrected chi connectivity index (χ0v) is 14.2. The molecule has 0 spiro atoms. The van der Waals surface area contributed by atoms with Crippen LogP contribution in [0.1, 0.15) is 40.4 Å². The van der Waals surface area contributed by atoms with Crippen molar-refractivity contribution >= 4 is 17.2 Å². The number of nitrogens with zero attached hydrogens (tertiary/aromatic N) is 3. The Bertz CT molecular complexity index is 794. The van der Waals surface area contributed by atoms with E-state index in [9.17, 15) is 4.79 Å². The molecule has 1 aliphatic rings. The lowest BCUT2D eigenvalue weighted by Gasteiger charge is -2.24. The zero-order chi connectivity index (χ0) is 16.4. The molecule has 0 radical (unpaired) electrons. The van der Waals surface area contributed by atoms with Gasteiger partial charge in [0, 0.05) is 24.5 Å². The molecule has 1 amide bonds. The van der Waals surface area contributed by atoms with Crippen LogP contribution in [0, 0.1) is 0 Å². The minimum Gasteiger partial charge on any atom is -0.332 e. The van der Waals surface area contributed by atoms with Crippen LogP contribution in [0.2, 0.25) is 0 Å². The van der Waals surface area contributed by atoms with E-state index in [4.69, 9.17) is 0 Å². The molecule has 0 N–H and O–H groups in total. The van der Waals surface area contributed by atoms with E-state index >= 15 is 0 Å². The highest BCUT2D eigenvalue weighted by Crippen LogP contribution is 2.34. The van der Waals surface area contributed by atoms with Gasteiger partial charge in [-0.2, -0.15) is 16.4 Å². The maximum Gasteiger partial charge on any atom is 0.254 e. The lowest BCUT2D eigenvalue weighted by Crippen LogP contribution is -2.30. The quantitative estimate of drug-likeness (QED) is 0.722. The van der Waals surface area contributed by atoms with Crippen LogP contribution in [-0.2, 0) is 6.54 Å². The first-order chi connectivity index (χ1) is 11.8. The Morgan fingerprint density at radius 1 is 1.25 bits per heavy atom. The van der Waals surface area contributed by atoms with Crippen molar-refractivity contribution < 1.29 is 4.79 Å². The van der Waals surface area contributed by atoms with E-state index in [1.165, 1.54) is 5.56 Å². The molecule has 122 valence electrons. The summed E-state index contributed by atoms with van der Waals surface area (Å²) in [4.78, 5) is 14.9. The van der Waals surface area contributed by atoms with Gasteiger partial charge in [-0.3, -0.25) is 9.48 Å². The number of amides is 1. The van der Waals surface area contributed by atoms with Gasteiger partial charge in [0.15, 0.2) is 0 Å². The number of aromatic nitrogens is 2. The minimum absolute atomic E-state index is 0.134. The normalized spacial score (nSPS) is 17.3. The lowest BCUT2D eigenvalue weighted by atomic mass is 10.1. The molecule has 1 fully saturated rings. The molecule has 4 rings (SSSR count). The molecule has 1 aliphatic heterocycles. The molecular weight excluding hydrogens is 318 g/mol. The van der Waals surface area contributed by atoms with Crippen molar-refractivity contribution in [1.29, 1.82) is 0 Å². The maximum atomic E-state index is 12.9. The summed E-state index contributed by atoms with van der Waals surface area (Å²) in [7, 11) is 0. The third-order valence-electron chi connectivity index (χ3n) is 4.55. The predicted molar refractivity (Wildman–Crippen MR) is 95.1 cm³/mol. The Hall–Kier alpha value is -2.40. The Kier molecular flexibility index (Phi) is 4.17. The van der Waals surface area contributed by atoms with Gasteiger partial charge in [-0.05, 0) is 59.0 Å². The van der Waals surface area contributed by atoms with Gasteiger partial charge in [-0.25, -0.2) is 0 Å². The van der Waals surface area contributed by atoms with Crippen LogP contribution in [0.5, 0.6) is 0 Å². The topological polar surface area (TPSA) is 38.1 Å². The van der Waals surface area contributed by atoms with Crippen LogP contribution in [-0.4, -0.2) is 27.1 Å². The standard InChI is InChI=1S/C19H19N3OS/c23-19(22-11-1-3-18(22)17-8-12-24-14-17)16-6-4-15(5-7-16)13-21-10-2-9-20-21/h2,4-10,12,14,18H,1,3,11,13H2/t18-/m0/s1. The van der Waals surface area contributed by atoms with Gasteiger partial charge in [-0.1, -0.05) is 12.1 Å². The number of benzene rings is 1. The van der Waals surface area contributed by atoms with E-state index in [1.807, 2.05) is 46.1 Å². The van der Waals surface area contributed by atoms with Crippen LogP contribution in [0.15, 0.2) is 59.6 Å². The van der Waals surface area contributed by atoms with Gasteiger partial charge in [-0.15, -0.1) is 0 Å². The summed E-state index contributed by atoms with van der Waals surface area (Å²) in [6, 6.07) is 12.2. The molecule has 0 unspecified atom stereocenters. The number of rotatable bonds is 4. The average molecular weight is 337 g/mol. The van der Waals surface area contributed by atoms with Crippen molar-refractivity contribution in [2.75, 3.05) is 6.54 Å². The summed E-state index contributed by atoms with van der Waals surface area (Å²) in [5.74, 6) is 0.134. The molecule has 1 saturated heterocycles. The third kappa shape index (κ3) is 2.99. The summed E-state index contributed by atoms with van der Waals surface area (Å²) in [6.45, 7) is 1.57. The first kappa shape index (κ1) is 15.1. The van der Waals surface area contributed by atoms with Crippen molar-refractivity contribution in [3.63, 3.8) is 0 Å². The number of hydrogen-bond donors (Lipinski definition) is 0. The Balaban J connectivity index is 1.49. The van der Waals surface area contributed by atoms with Gasteiger partial charge in [0.2, 0.25) is 0 Å². The fraction of sp³-hybridized carbons (Fsp3) is 0.263. The second-order valence-corrected chi connectivity index (χ2v) is 6.89. The van der Waals surface area contributed by atoms with Crippen molar-refractivity contribution in [2.45, 2.75) is 25.4 Å². The predicted octanol–water partition coefficient (Wildman–Crippen LogP) is 3.97. The second kappa shape index (κ2) is 6.61. The molecule has 1 aromatic carbocycles. The molecule has 1 atom stereocenters. The Morgan fingerprint density at radius 2 is 2.12 bits per heavy atom. The van der Waals surface area contributed by atoms with E-state index in [2.05, 4.69) is 21.9 Å². The SMILES string of the molecule is O=C(c1ccc(Cn2cccn2)cc1)N1CCC[C@H]1c1ccsc1. The van der Waals surface area contributed by atoms with Gasteiger partial charge in [0.1, 0.15) is 0 Å². The monoisotopic (exact) mass is 337 g/mol. The number of thiophene rings is 1. The van der Waals surface area contributed by atoms with Gasteiger partial charge in [0.25, 0.3) is 5.91 Å². The van der Waals surface area contributed by atoms with E-state index in [0.717, 1.165) is 37.1 Å². The highest BCUT2D eigenvalue weighted by molar-refractivity contribution is 7.08. The number of hydrogen-bond acceptors (Lipinski definition) is 3. The molecule has 2 aromatic heterocycles. The highest BCUT2D eigenvalue weighted by atomic mass is 32.1. The first-order valence-corrected chi connectivity index (χ1v) is 9.15. The Labute approximate surface area is 145 Å². The fourth-order valence-electron chi connectivity index (χ4n) is 3.32. The molecule has 0 saturated carbocycles. The molecule has 3 aromatic rings. The molecule has 4 nitrogen and oxygen atoms in total. The van der Waals surface area contributed by atoms with Crippen LogP contribution < -0.4 is 0 Å². The fourth-order valence-corrected chi connectivity index (χ4v) is 4.03. The summed E-state index contributed by atoms with van der Waals surface area (Å²) in [6.07, 6.45) is 5.84. The van der Waals surface area contributed by atoms with E-state index in [0.29, 0.717) is 0 Å². The summed E-state index contributed by atoms with van der Waals surface area (Å²) in [5.41, 5.74) is 3.17. The number of likely N-dealkylation sites (tertiary alicyclic amines) is 1. The first-order valence-electron chi connectivity index (χ1n) is 8.21. The van der Waals surface area contributed by atoms with E-state index in [-0.39, 0.29) is 11.9 Å². The maximum absolute atomic E-state index is 12.9. The number of carbonyl (C=O) groups is 1. The summed E-state index contributed by atoms with van der Waals surface area (Å²) >= 11 is 1.69. The van der Waals surface area contributed by atoms with Crippen molar-refractivity contribution in [2.24, 2.45) is 0 Å². The zero-order valence-electron chi connectivity index (χ0n) is 13.3. The van der Waals surface area contributed by atoms with Crippen LogP contribution in [0.4, 0.5) is 0 Å². The van der Waals surface area contributed by atoms with Crippen molar-refractivity contribution in [3.8, 4) is 0 Å². The molecule has 5 heteroatoms. The molecule has 0 bridgehead atoms. The van der Waals surface area contributed by atoms with Gasteiger partial charge in [0.05, 0.1) is 12.6 Å². The van der Waals surface area contributed by atoms with E-state index < -0.39 is 0 Å². The minimum atomic E-state index is 0.134. The average Bonchev–Trinajstić information content (AvgIpc) is 3.36. The van der Waals surface area contributed by atoms with Crippen LogP contribution in [0.25, 0.3) is 0 Å². The van der Waals surface area contributed by atoms with Crippen molar-refractivity contribution in [1.82, 2.24) is 14.7 Å². The molecule has 0 aliphatic carbocycles. The highest BCUT2D eigenvalue weighted by Gasteiger charge is 2.30. The van der Waals surface area contributed by atoms with Gasteiger partial charge < -0.3 is 4.90 Å². The molecule has 24 heavy (non-hydrogen) atoms. The molecular formula is C19H19N3OS. The number of carbonyl (C=O) groups excluding carboxylic acids is 1. The third-order valence-corrected chi connectivity index (χ3v) is 5.25. The lowest BCUT2D eigenvalue weighted by molar-refractivity contribution is 0.0736. The summed E-state index contributed by atoms with van der Waals surface area (Å²) in [5, 5.41) is 8.45. The second-order valence-electron chi connectivity index (χ2n) is 6.11. The van der Waals surface area contributed by atoms with Crippen LogP contribution in [0.3, 0.4) is 0 Å².